The van der Waals surface area contributed by atoms with Gasteiger partial charge in [0.15, 0.2) is 11.5 Å². The molecule has 0 spiro atoms. The average molecular weight is 433 g/mol. The number of hydrogen-bond acceptors (Lipinski definition) is 2. The summed E-state index contributed by atoms with van der Waals surface area (Å²) in [5, 5.41) is 0.666. The zero-order chi connectivity index (χ0) is 15.0. The normalized spacial score (nSPS) is 14.9. The van der Waals surface area contributed by atoms with Gasteiger partial charge in [0, 0.05) is 15.6 Å². The van der Waals surface area contributed by atoms with Crippen LogP contribution in [0.25, 0.3) is 0 Å². The minimum absolute atomic E-state index is 0.00275. The van der Waals surface area contributed by atoms with Crippen LogP contribution in [0.3, 0.4) is 0 Å². The van der Waals surface area contributed by atoms with Crippen molar-refractivity contribution in [3.8, 4) is 11.5 Å². The molecule has 2 aromatic carbocycles. The minimum Gasteiger partial charge on any atom is -0.486 e. The Bertz CT molecular complexity index is 668. The van der Waals surface area contributed by atoms with Crippen LogP contribution < -0.4 is 9.47 Å². The predicted octanol–water partition coefficient (Wildman–Crippen LogP) is 5.67. The van der Waals surface area contributed by atoms with Gasteiger partial charge in [0.25, 0.3) is 0 Å². The summed E-state index contributed by atoms with van der Waals surface area (Å²) in [6.45, 7) is 3.20. The molecule has 2 nitrogen and oxygen atoms in total. The first-order valence-electron chi connectivity index (χ1n) is 6.55. The van der Waals surface area contributed by atoms with Crippen LogP contribution in [0.15, 0.2) is 34.8 Å². The van der Waals surface area contributed by atoms with Crippen molar-refractivity contribution < 1.29 is 9.47 Å². The van der Waals surface area contributed by atoms with Crippen molar-refractivity contribution in [1.82, 2.24) is 0 Å². The van der Waals surface area contributed by atoms with E-state index in [1.54, 1.807) is 0 Å². The molecule has 0 N–H and O–H groups in total. The lowest BCUT2D eigenvalue weighted by Gasteiger charge is -2.21. The first kappa shape index (κ1) is 15.2. The fourth-order valence-electron chi connectivity index (χ4n) is 2.36. The molecule has 0 saturated heterocycles. The Labute approximate surface area is 145 Å². The predicted molar refractivity (Wildman–Crippen MR) is 92.1 cm³/mol. The Balaban J connectivity index is 2.02. The van der Waals surface area contributed by atoms with Crippen LogP contribution in [-0.2, 0) is 0 Å². The second-order valence-electron chi connectivity index (χ2n) is 4.94. The maximum Gasteiger partial charge on any atom is 0.162 e. The summed E-state index contributed by atoms with van der Waals surface area (Å²) in [5.41, 5.74) is 3.30. The fourth-order valence-corrected chi connectivity index (χ4v) is 4.03. The van der Waals surface area contributed by atoms with E-state index in [9.17, 15) is 0 Å². The lowest BCUT2D eigenvalue weighted by molar-refractivity contribution is 0.171. The van der Waals surface area contributed by atoms with Gasteiger partial charge in [0.1, 0.15) is 13.2 Å². The van der Waals surface area contributed by atoms with Gasteiger partial charge in [-0.1, -0.05) is 49.5 Å². The van der Waals surface area contributed by atoms with Crippen molar-refractivity contribution in [2.24, 2.45) is 0 Å². The highest BCUT2D eigenvalue weighted by Gasteiger charge is 2.20. The smallest absolute Gasteiger partial charge is 0.162 e. The Kier molecular flexibility index (Phi) is 4.48. The third-order valence-electron chi connectivity index (χ3n) is 3.29. The van der Waals surface area contributed by atoms with E-state index in [0.717, 1.165) is 21.3 Å². The van der Waals surface area contributed by atoms with Gasteiger partial charge in [-0.2, -0.15) is 0 Å². The molecule has 2 aromatic rings. The Morgan fingerprint density at radius 2 is 1.71 bits per heavy atom. The number of ether oxygens (including phenoxy) is 2. The summed E-state index contributed by atoms with van der Waals surface area (Å²) in [6, 6.07) is 10.1. The summed E-state index contributed by atoms with van der Waals surface area (Å²) in [5.74, 6) is 1.46. The van der Waals surface area contributed by atoms with Gasteiger partial charge in [-0.25, -0.2) is 0 Å². The highest BCUT2D eigenvalue weighted by Crippen LogP contribution is 2.42. The SMILES string of the molecule is Cc1cc(Br)cc(C(Br)c2cc3c(cc2Cl)OCCO3)c1. The van der Waals surface area contributed by atoms with Crippen LogP contribution in [0.1, 0.15) is 21.5 Å². The van der Waals surface area contributed by atoms with E-state index in [2.05, 4.69) is 57.0 Å². The molecule has 0 saturated carbocycles. The first-order valence-corrected chi connectivity index (χ1v) is 8.63. The molecule has 21 heavy (non-hydrogen) atoms. The summed E-state index contributed by atoms with van der Waals surface area (Å²) >= 11 is 13.7. The monoisotopic (exact) mass is 430 g/mol. The van der Waals surface area contributed by atoms with Crippen LogP contribution in [0.5, 0.6) is 11.5 Å². The number of aryl methyl sites for hydroxylation is 1. The molecule has 0 fully saturated rings. The molecule has 1 atom stereocenters. The summed E-state index contributed by atoms with van der Waals surface area (Å²) in [4.78, 5) is -0.00275. The number of halogens is 3. The maximum atomic E-state index is 6.41. The topological polar surface area (TPSA) is 18.5 Å². The van der Waals surface area contributed by atoms with Crippen LogP contribution >= 0.6 is 43.5 Å². The molecule has 0 aromatic heterocycles. The summed E-state index contributed by atoms with van der Waals surface area (Å²) in [7, 11) is 0. The van der Waals surface area contributed by atoms with E-state index in [1.165, 1.54) is 5.56 Å². The van der Waals surface area contributed by atoms with E-state index in [-0.39, 0.29) is 4.83 Å². The van der Waals surface area contributed by atoms with Gasteiger partial charge in [-0.3, -0.25) is 0 Å². The molecule has 1 aliphatic heterocycles. The van der Waals surface area contributed by atoms with Crippen molar-refractivity contribution >= 4 is 43.5 Å². The standard InChI is InChI=1S/C16H13Br2ClO2/c1-9-4-10(6-11(17)5-9)16(18)12-7-14-15(8-13(12)19)21-3-2-20-14/h4-8,16H,2-3H2,1H3. The second-order valence-corrected chi connectivity index (χ2v) is 7.18. The lowest BCUT2D eigenvalue weighted by Crippen LogP contribution is -2.15. The van der Waals surface area contributed by atoms with Crippen molar-refractivity contribution in [3.63, 3.8) is 0 Å². The van der Waals surface area contributed by atoms with E-state index in [0.29, 0.717) is 24.0 Å². The number of rotatable bonds is 2. The third kappa shape index (κ3) is 3.22. The molecule has 110 valence electrons. The van der Waals surface area contributed by atoms with E-state index in [4.69, 9.17) is 21.1 Å². The van der Waals surface area contributed by atoms with Crippen LogP contribution in [0, 0.1) is 6.92 Å². The Morgan fingerprint density at radius 1 is 1.05 bits per heavy atom. The van der Waals surface area contributed by atoms with E-state index >= 15 is 0 Å². The zero-order valence-electron chi connectivity index (χ0n) is 11.3. The molecular weight excluding hydrogens is 419 g/mol. The summed E-state index contributed by atoms with van der Waals surface area (Å²) < 4.78 is 12.2. The maximum absolute atomic E-state index is 6.41. The van der Waals surface area contributed by atoms with Crippen molar-refractivity contribution in [2.45, 2.75) is 11.8 Å². The van der Waals surface area contributed by atoms with Crippen LogP contribution in [0.2, 0.25) is 5.02 Å². The van der Waals surface area contributed by atoms with Crippen LogP contribution in [0.4, 0.5) is 0 Å². The van der Waals surface area contributed by atoms with Gasteiger partial charge in [0.05, 0.1) is 4.83 Å². The Hall–Kier alpha value is -0.710. The molecule has 1 unspecified atom stereocenters. The van der Waals surface area contributed by atoms with Crippen molar-refractivity contribution in [1.29, 1.82) is 0 Å². The molecule has 0 aliphatic carbocycles. The van der Waals surface area contributed by atoms with Crippen molar-refractivity contribution in [3.05, 3.63) is 56.5 Å². The van der Waals surface area contributed by atoms with E-state index in [1.807, 2.05) is 12.1 Å². The van der Waals surface area contributed by atoms with E-state index < -0.39 is 0 Å². The molecule has 0 radical (unpaired) electrons. The first-order chi connectivity index (χ1) is 10.0. The molecule has 1 heterocycles. The average Bonchev–Trinajstić information content (AvgIpc) is 2.44. The highest BCUT2D eigenvalue weighted by atomic mass is 79.9. The molecule has 0 bridgehead atoms. The molecule has 3 rings (SSSR count). The molecular formula is C16H13Br2ClO2. The van der Waals surface area contributed by atoms with Gasteiger partial charge in [-0.05, 0) is 41.8 Å². The van der Waals surface area contributed by atoms with Gasteiger partial charge < -0.3 is 9.47 Å². The van der Waals surface area contributed by atoms with Gasteiger partial charge in [-0.15, -0.1) is 0 Å². The molecule has 0 amide bonds. The van der Waals surface area contributed by atoms with Crippen molar-refractivity contribution in [2.75, 3.05) is 13.2 Å². The quantitative estimate of drug-likeness (QED) is 0.570. The number of fused-ring (bicyclic) bond motifs is 1. The third-order valence-corrected chi connectivity index (χ3v) is 5.10. The number of hydrogen-bond donors (Lipinski definition) is 0. The summed E-state index contributed by atoms with van der Waals surface area (Å²) in [6.07, 6.45) is 0. The lowest BCUT2D eigenvalue weighted by atomic mass is 10.0. The zero-order valence-corrected chi connectivity index (χ0v) is 15.3. The largest absolute Gasteiger partial charge is 0.486 e. The second kappa shape index (κ2) is 6.19. The number of alkyl halides is 1. The highest BCUT2D eigenvalue weighted by molar-refractivity contribution is 9.10. The molecule has 1 aliphatic rings. The fraction of sp³-hybridized carbons (Fsp3) is 0.250. The van der Waals surface area contributed by atoms with Crippen LogP contribution in [-0.4, -0.2) is 13.2 Å². The number of benzene rings is 2. The van der Waals surface area contributed by atoms with Gasteiger partial charge >= 0.3 is 0 Å². The molecule has 5 heteroatoms. The Morgan fingerprint density at radius 3 is 2.38 bits per heavy atom. The minimum atomic E-state index is -0.00275. The van der Waals surface area contributed by atoms with Gasteiger partial charge in [0.2, 0.25) is 0 Å².